The van der Waals surface area contributed by atoms with E-state index in [4.69, 9.17) is 9.47 Å². The minimum Gasteiger partial charge on any atom is -0.491 e. The number of hydrogen-bond donors (Lipinski definition) is 1. The predicted octanol–water partition coefficient (Wildman–Crippen LogP) is 3.69. The molecule has 2 atom stereocenters. The quantitative estimate of drug-likeness (QED) is 0.890. The van der Waals surface area contributed by atoms with Crippen LogP contribution >= 0.6 is 0 Å². The normalized spacial score (nSPS) is 21.5. The van der Waals surface area contributed by atoms with E-state index >= 15 is 0 Å². The van der Waals surface area contributed by atoms with Gasteiger partial charge in [-0.15, -0.1) is 0 Å². The van der Waals surface area contributed by atoms with Gasteiger partial charge in [0.1, 0.15) is 5.75 Å². The van der Waals surface area contributed by atoms with Gasteiger partial charge in [0.2, 0.25) is 0 Å². The van der Waals surface area contributed by atoms with Crippen molar-refractivity contribution in [3.63, 3.8) is 0 Å². The fraction of sp³-hybridized carbons (Fsp3) is 0.647. The summed E-state index contributed by atoms with van der Waals surface area (Å²) in [5, 5.41) is 3.71. The highest BCUT2D eigenvalue weighted by molar-refractivity contribution is 5.29. The molecule has 0 aliphatic carbocycles. The number of hydrogen-bond acceptors (Lipinski definition) is 3. The predicted molar refractivity (Wildman–Crippen MR) is 82.2 cm³/mol. The lowest BCUT2D eigenvalue weighted by atomic mass is 10.0. The summed E-state index contributed by atoms with van der Waals surface area (Å²) in [7, 11) is 0. The van der Waals surface area contributed by atoms with Crippen molar-refractivity contribution in [2.75, 3.05) is 13.2 Å². The van der Waals surface area contributed by atoms with Crippen LogP contribution in [-0.4, -0.2) is 25.4 Å². The van der Waals surface area contributed by atoms with Crippen LogP contribution in [-0.2, 0) is 4.74 Å². The van der Waals surface area contributed by atoms with Crippen LogP contribution in [0.3, 0.4) is 0 Å². The van der Waals surface area contributed by atoms with Gasteiger partial charge in [0.15, 0.2) is 0 Å². The minimum atomic E-state index is 0.224. The molecular weight excluding hydrogens is 250 g/mol. The molecule has 0 amide bonds. The Kier molecular flexibility index (Phi) is 5.86. The molecule has 1 heterocycles. The van der Waals surface area contributed by atoms with E-state index in [1.165, 1.54) is 12.0 Å². The Labute approximate surface area is 122 Å². The van der Waals surface area contributed by atoms with Crippen LogP contribution in [0.15, 0.2) is 24.3 Å². The number of rotatable bonds is 5. The maximum Gasteiger partial charge on any atom is 0.119 e. The second-order valence-corrected chi connectivity index (χ2v) is 5.86. The summed E-state index contributed by atoms with van der Waals surface area (Å²) in [6.45, 7) is 8.11. The molecule has 0 radical (unpaired) electrons. The van der Waals surface area contributed by atoms with E-state index in [0.29, 0.717) is 12.1 Å². The molecule has 1 N–H and O–H groups in total. The van der Waals surface area contributed by atoms with Crippen LogP contribution in [0.1, 0.15) is 51.6 Å². The molecule has 1 fully saturated rings. The van der Waals surface area contributed by atoms with Crippen LogP contribution in [0.4, 0.5) is 0 Å². The zero-order valence-electron chi connectivity index (χ0n) is 12.9. The summed E-state index contributed by atoms with van der Waals surface area (Å²) < 4.78 is 11.2. The molecule has 0 bridgehead atoms. The Morgan fingerprint density at radius 1 is 1.10 bits per heavy atom. The van der Waals surface area contributed by atoms with Crippen molar-refractivity contribution in [1.82, 2.24) is 5.32 Å². The summed E-state index contributed by atoms with van der Waals surface area (Å²) in [5.74, 6) is 0.943. The Bertz CT molecular complexity index is 380. The first kappa shape index (κ1) is 15.3. The molecular formula is C17H27NO2. The highest BCUT2D eigenvalue weighted by Crippen LogP contribution is 2.20. The maximum absolute atomic E-state index is 5.68. The maximum atomic E-state index is 5.68. The fourth-order valence-electron chi connectivity index (χ4n) is 2.63. The van der Waals surface area contributed by atoms with Gasteiger partial charge < -0.3 is 14.8 Å². The van der Waals surface area contributed by atoms with Crippen molar-refractivity contribution in [2.45, 2.75) is 58.2 Å². The van der Waals surface area contributed by atoms with E-state index in [1.54, 1.807) is 0 Å². The molecule has 3 nitrogen and oxygen atoms in total. The van der Waals surface area contributed by atoms with E-state index in [0.717, 1.165) is 31.8 Å². The van der Waals surface area contributed by atoms with Crippen LogP contribution in [0.5, 0.6) is 5.75 Å². The zero-order chi connectivity index (χ0) is 14.4. The van der Waals surface area contributed by atoms with Crippen molar-refractivity contribution < 1.29 is 9.47 Å². The molecule has 2 rings (SSSR count). The molecule has 1 aliphatic rings. The lowest BCUT2D eigenvalue weighted by Crippen LogP contribution is -2.31. The van der Waals surface area contributed by atoms with E-state index in [9.17, 15) is 0 Å². The third-order valence-corrected chi connectivity index (χ3v) is 3.69. The van der Waals surface area contributed by atoms with Crippen LogP contribution in [0.2, 0.25) is 0 Å². The van der Waals surface area contributed by atoms with Crippen molar-refractivity contribution in [1.29, 1.82) is 0 Å². The zero-order valence-corrected chi connectivity index (χ0v) is 12.9. The molecule has 20 heavy (non-hydrogen) atoms. The average Bonchev–Trinajstić information content (AvgIpc) is 2.67. The number of ether oxygens (including phenoxy) is 2. The van der Waals surface area contributed by atoms with E-state index in [-0.39, 0.29) is 6.10 Å². The smallest absolute Gasteiger partial charge is 0.119 e. The van der Waals surface area contributed by atoms with Crippen LogP contribution < -0.4 is 10.1 Å². The first-order valence-electron chi connectivity index (χ1n) is 7.75. The topological polar surface area (TPSA) is 30.5 Å². The van der Waals surface area contributed by atoms with Crippen LogP contribution in [0, 0.1) is 0 Å². The third-order valence-electron chi connectivity index (χ3n) is 3.69. The summed E-state index contributed by atoms with van der Waals surface area (Å²) in [5.41, 5.74) is 1.31. The van der Waals surface area contributed by atoms with Crippen molar-refractivity contribution in [2.24, 2.45) is 0 Å². The molecule has 1 aromatic rings. The summed E-state index contributed by atoms with van der Waals surface area (Å²) >= 11 is 0. The highest BCUT2D eigenvalue weighted by atomic mass is 16.5. The second kappa shape index (κ2) is 7.65. The fourth-order valence-corrected chi connectivity index (χ4v) is 2.63. The molecule has 1 aromatic carbocycles. The lowest BCUT2D eigenvalue weighted by Gasteiger charge is -2.22. The van der Waals surface area contributed by atoms with E-state index in [1.807, 2.05) is 13.8 Å². The molecule has 0 aromatic heterocycles. The van der Waals surface area contributed by atoms with Gasteiger partial charge in [-0.25, -0.2) is 0 Å². The Balaban J connectivity index is 1.89. The minimum absolute atomic E-state index is 0.224. The molecule has 1 saturated heterocycles. The van der Waals surface area contributed by atoms with Gasteiger partial charge in [0, 0.05) is 25.3 Å². The van der Waals surface area contributed by atoms with Gasteiger partial charge in [-0.3, -0.25) is 0 Å². The highest BCUT2D eigenvalue weighted by Gasteiger charge is 2.15. The summed E-state index contributed by atoms with van der Waals surface area (Å²) in [4.78, 5) is 0. The van der Waals surface area contributed by atoms with Gasteiger partial charge in [-0.2, -0.15) is 0 Å². The molecule has 0 spiro atoms. The summed E-state index contributed by atoms with van der Waals surface area (Å²) in [6.07, 6.45) is 3.70. The van der Waals surface area contributed by atoms with Crippen molar-refractivity contribution >= 4 is 0 Å². The first-order chi connectivity index (χ1) is 9.65. The van der Waals surface area contributed by atoms with Gasteiger partial charge in [0.25, 0.3) is 0 Å². The first-order valence-corrected chi connectivity index (χ1v) is 7.75. The second-order valence-electron chi connectivity index (χ2n) is 5.86. The number of benzene rings is 1. The monoisotopic (exact) mass is 277 g/mol. The van der Waals surface area contributed by atoms with Gasteiger partial charge >= 0.3 is 0 Å². The van der Waals surface area contributed by atoms with Gasteiger partial charge in [-0.05, 0) is 57.7 Å². The largest absolute Gasteiger partial charge is 0.491 e. The molecule has 1 aliphatic heterocycles. The average molecular weight is 277 g/mol. The van der Waals surface area contributed by atoms with Crippen LogP contribution in [0.25, 0.3) is 0 Å². The Morgan fingerprint density at radius 2 is 1.85 bits per heavy atom. The Hall–Kier alpha value is -1.06. The number of nitrogens with one attached hydrogen (secondary N) is 1. The van der Waals surface area contributed by atoms with Gasteiger partial charge in [0.05, 0.1) is 6.10 Å². The van der Waals surface area contributed by atoms with E-state index in [2.05, 4.69) is 36.5 Å². The van der Waals surface area contributed by atoms with Crippen molar-refractivity contribution in [3.8, 4) is 5.75 Å². The van der Waals surface area contributed by atoms with Crippen molar-refractivity contribution in [3.05, 3.63) is 29.8 Å². The van der Waals surface area contributed by atoms with E-state index < -0.39 is 0 Å². The SMILES string of the molecule is CC(C)Oc1ccc(C(C)NC2CCCOCC2)cc1. The Morgan fingerprint density at radius 3 is 2.55 bits per heavy atom. The third kappa shape index (κ3) is 4.80. The molecule has 0 saturated carbocycles. The van der Waals surface area contributed by atoms with Gasteiger partial charge in [-0.1, -0.05) is 12.1 Å². The standard InChI is InChI=1S/C17H27NO2/c1-13(2)20-17-8-6-15(7-9-17)14(3)18-16-5-4-11-19-12-10-16/h6-9,13-14,16,18H,4-5,10-12H2,1-3H3. The molecule has 2 unspecified atom stereocenters. The molecule has 112 valence electrons. The summed E-state index contributed by atoms with van der Waals surface area (Å²) in [6, 6.07) is 9.36. The lowest BCUT2D eigenvalue weighted by molar-refractivity contribution is 0.142. The molecule has 3 heteroatoms.